The molecule has 0 spiro atoms. The van der Waals surface area contributed by atoms with Gasteiger partial charge in [0.15, 0.2) is 0 Å². The molecule has 2 rings (SSSR count). The smallest absolute Gasteiger partial charge is 0.251 e. The molecule has 0 saturated carbocycles. The molecule has 2 aromatic rings. The van der Waals surface area contributed by atoms with E-state index >= 15 is 0 Å². The van der Waals surface area contributed by atoms with E-state index in [2.05, 4.69) is 33.5 Å². The minimum Gasteiger partial charge on any atom is -0.355 e. The van der Waals surface area contributed by atoms with Crippen molar-refractivity contribution in [3.05, 3.63) is 29.8 Å². The van der Waals surface area contributed by atoms with Gasteiger partial charge in [-0.15, -0.1) is 17.7 Å². The third kappa shape index (κ3) is 1.89. The van der Waals surface area contributed by atoms with Gasteiger partial charge < -0.3 is 5.32 Å². The topological polar surface area (TPSA) is 72.7 Å². The molecule has 7 heteroatoms. The van der Waals surface area contributed by atoms with Crippen molar-refractivity contribution in [3.8, 4) is 5.69 Å². The summed E-state index contributed by atoms with van der Waals surface area (Å²) in [7, 11) is 1.58. The second-order valence-corrected chi connectivity index (χ2v) is 3.42. The first-order chi connectivity index (χ1) is 7.72. The Balaban J connectivity index is 2.44. The van der Waals surface area contributed by atoms with E-state index in [4.69, 9.17) is 0 Å². The van der Waals surface area contributed by atoms with Gasteiger partial charge in [-0.2, -0.15) is 4.68 Å². The molecule has 0 unspecified atom stereocenters. The number of hydrogen-bond donors (Lipinski definition) is 2. The minimum absolute atomic E-state index is 0.157. The number of carbonyl (C=O) groups excluding carboxylic acids is 1. The first-order valence-electron chi connectivity index (χ1n) is 4.52. The van der Waals surface area contributed by atoms with Crippen LogP contribution >= 0.6 is 12.6 Å². The number of tetrazole rings is 1. The fourth-order valence-electron chi connectivity index (χ4n) is 1.27. The van der Waals surface area contributed by atoms with Crippen LogP contribution in [0.3, 0.4) is 0 Å². The number of thiol groups is 1. The highest BCUT2D eigenvalue weighted by Gasteiger charge is 2.07. The molecule has 0 aliphatic rings. The highest BCUT2D eigenvalue weighted by Crippen LogP contribution is 2.12. The molecule has 1 aromatic carbocycles. The number of amides is 1. The minimum atomic E-state index is -0.157. The Morgan fingerprint density at radius 1 is 1.50 bits per heavy atom. The zero-order valence-electron chi connectivity index (χ0n) is 8.45. The van der Waals surface area contributed by atoms with Crippen LogP contribution in [0.1, 0.15) is 10.4 Å². The van der Waals surface area contributed by atoms with Crippen LogP contribution in [0.4, 0.5) is 0 Å². The zero-order valence-corrected chi connectivity index (χ0v) is 9.35. The van der Waals surface area contributed by atoms with Gasteiger partial charge in [0.2, 0.25) is 5.16 Å². The molecular weight excluding hydrogens is 226 g/mol. The molecule has 82 valence electrons. The van der Waals surface area contributed by atoms with Crippen molar-refractivity contribution in [1.82, 2.24) is 25.5 Å². The lowest BCUT2D eigenvalue weighted by Gasteiger charge is -2.03. The van der Waals surface area contributed by atoms with Crippen molar-refractivity contribution in [1.29, 1.82) is 0 Å². The second kappa shape index (κ2) is 4.31. The van der Waals surface area contributed by atoms with E-state index < -0.39 is 0 Å². The van der Waals surface area contributed by atoms with Crippen LogP contribution in [-0.4, -0.2) is 33.2 Å². The fraction of sp³-hybridized carbons (Fsp3) is 0.111. The van der Waals surface area contributed by atoms with Crippen LogP contribution in [0.25, 0.3) is 5.69 Å². The van der Waals surface area contributed by atoms with Gasteiger partial charge in [0.05, 0.1) is 5.69 Å². The lowest BCUT2D eigenvalue weighted by Crippen LogP contribution is -2.18. The number of rotatable bonds is 2. The lowest BCUT2D eigenvalue weighted by atomic mass is 10.2. The predicted molar refractivity (Wildman–Crippen MR) is 59.8 cm³/mol. The summed E-state index contributed by atoms with van der Waals surface area (Å²) in [6, 6.07) is 6.96. The maximum absolute atomic E-state index is 11.4. The van der Waals surface area contributed by atoms with Crippen molar-refractivity contribution < 1.29 is 4.79 Å². The molecular formula is C9H9N5OS. The molecule has 0 radical (unpaired) electrons. The quantitative estimate of drug-likeness (QED) is 0.735. The summed E-state index contributed by atoms with van der Waals surface area (Å²) in [4.78, 5) is 11.4. The van der Waals surface area contributed by atoms with Crippen molar-refractivity contribution in [2.24, 2.45) is 0 Å². The maximum Gasteiger partial charge on any atom is 0.251 e. The molecule has 0 aliphatic carbocycles. The third-order valence-corrected chi connectivity index (χ3v) is 2.31. The second-order valence-electron chi connectivity index (χ2n) is 3.02. The molecule has 16 heavy (non-hydrogen) atoms. The predicted octanol–water partition coefficient (Wildman–Crippen LogP) is 0.311. The molecule has 1 aromatic heterocycles. The van der Waals surface area contributed by atoms with Crippen molar-refractivity contribution in [3.63, 3.8) is 0 Å². The Morgan fingerprint density at radius 3 is 2.94 bits per heavy atom. The Morgan fingerprint density at radius 2 is 2.31 bits per heavy atom. The van der Waals surface area contributed by atoms with Crippen molar-refractivity contribution >= 4 is 18.5 Å². The Kier molecular flexibility index (Phi) is 2.86. The molecule has 0 atom stereocenters. The van der Waals surface area contributed by atoms with E-state index in [0.29, 0.717) is 16.4 Å². The SMILES string of the molecule is CNC(=O)c1cccc(-n2nnnc2S)c1. The van der Waals surface area contributed by atoms with Crippen LogP contribution in [0, 0.1) is 0 Å². The standard InChI is InChI=1S/C9H9N5OS/c1-10-8(15)6-3-2-4-7(5-6)14-9(16)11-12-13-14/h2-5H,1H3,(H,10,15)(H,11,13,16). The van der Waals surface area contributed by atoms with Gasteiger partial charge in [-0.3, -0.25) is 4.79 Å². The summed E-state index contributed by atoms with van der Waals surface area (Å²) < 4.78 is 1.44. The average molecular weight is 235 g/mol. The van der Waals surface area contributed by atoms with E-state index in [1.807, 2.05) is 0 Å². The lowest BCUT2D eigenvalue weighted by molar-refractivity contribution is 0.0963. The first kappa shape index (κ1) is 10.6. The monoisotopic (exact) mass is 235 g/mol. The Bertz CT molecular complexity index is 524. The van der Waals surface area contributed by atoms with E-state index in [0.717, 1.165) is 0 Å². The van der Waals surface area contributed by atoms with E-state index in [9.17, 15) is 4.79 Å². The normalized spacial score (nSPS) is 10.1. The Hall–Kier alpha value is -1.89. The molecule has 1 heterocycles. The largest absolute Gasteiger partial charge is 0.355 e. The molecule has 0 bridgehead atoms. The summed E-state index contributed by atoms with van der Waals surface area (Å²) in [5, 5.41) is 13.8. The van der Waals surface area contributed by atoms with Gasteiger partial charge in [-0.1, -0.05) is 6.07 Å². The van der Waals surface area contributed by atoms with Crippen LogP contribution < -0.4 is 5.32 Å². The highest BCUT2D eigenvalue weighted by molar-refractivity contribution is 7.80. The van der Waals surface area contributed by atoms with Gasteiger partial charge in [-0.25, -0.2) is 0 Å². The van der Waals surface area contributed by atoms with E-state index in [-0.39, 0.29) is 5.91 Å². The zero-order chi connectivity index (χ0) is 11.5. The summed E-state index contributed by atoms with van der Waals surface area (Å²) in [5.41, 5.74) is 1.24. The highest BCUT2D eigenvalue weighted by atomic mass is 32.1. The number of benzene rings is 1. The molecule has 0 saturated heterocycles. The van der Waals surface area contributed by atoms with Crippen molar-refractivity contribution in [2.75, 3.05) is 7.05 Å². The Labute approximate surface area is 97.1 Å². The number of hydrogen-bond acceptors (Lipinski definition) is 5. The fourth-order valence-corrected chi connectivity index (χ4v) is 1.47. The molecule has 1 amide bonds. The van der Waals surface area contributed by atoms with Crippen LogP contribution in [0.15, 0.2) is 29.4 Å². The average Bonchev–Trinajstić information content (AvgIpc) is 2.74. The summed E-state index contributed by atoms with van der Waals surface area (Å²) in [5.74, 6) is -0.157. The van der Waals surface area contributed by atoms with Crippen LogP contribution in [-0.2, 0) is 0 Å². The van der Waals surface area contributed by atoms with Crippen molar-refractivity contribution in [2.45, 2.75) is 5.16 Å². The third-order valence-electron chi connectivity index (χ3n) is 2.03. The molecule has 0 fully saturated rings. The van der Waals surface area contributed by atoms with Gasteiger partial charge in [-0.05, 0) is 28.6 Å². The van der Waals surface area contributed by atoms with Gasteiger partial charge in [0.25, 0.3) is 5.91 Å². The number of nitrogens with zero attached hydrogens (tertiary/aromatic N) is 4. The number of aromatic nitrogens is 4. The first-order valence-corrected chi connectivity index (χ1v) is 4.97. The van der Waals surface area contributed by atoms with E-state index in [1.165, 1.54) is 4.68 Å². The van der Waals surface area contributed by atoms with Crippen LogP contribution in [0.5, 0.6) is 0 Å². The summed E-state index contributed by atoms with van der Waals surface area (Å²) in [6.45, 7) is 0. The van der Waals surface area contributed by atoms with Gasteiger partial charge in [0.1, 0.15) is 0 Å². The summed E-state index contributed by atoms with van der Waals surface area (Å²) in [6.07, 6.45) is 0. The van der Waals surface area contributed by atoms with Gasteiger partial charge >= 0.3 is 0 Å². The maximum atomic E-state index is 11.4. The number of nitrogens with one attached hydrogen (secondary N) is 1. The summed E-state index contributed by atoms with van der Waals surface area (Å²) >= 11 is 4.10. The molecule has 0 aliphatic heterocycles. The molecule has 1 N–H and O–H groups in total. The van der Waals surface area contributed by atoms with Crippen LogP contribution in [0.2, 0.25) is 0 Å². The number of carbonyl (C=O) groups is 1. The molecule has 6 nitrogen and oxygen atoms in total. The van der Waals surface area contributed by atoms with E-state index in [1.54, 1.807) is 31.3 Å². The van der Waals surface area contributed by atoms with Gasteiger partial charge in [0, 0.05) is 12.6 Å².